The molecule has 1 aromatic heterocycles. The zero-order chi connectivity index (χ0) is 15.5. The summed E-state index contributed by atoms with van der Waals surface area (Å²) < 4.78 is 2.05. The number of hydrogen-bond acceptors (Lipinski definition) is 4. The number of hydrogen-bond donors (Lipinski definition) is 1. The second-order valence-corrected chi connectivity index (χ2v) is 6.04. The summed E-state index contributed by atoms with van der Waals surface area (Å²) in [5.41, 5.74) is 2.76. The van der Waals surface area contributed by atoms with Crippen LogP contribution in [0.25, 0.3) is 11.0 Å². The molecule has 118 valence electrons. The van der Waals surface area contributed by atoms with Crippen LogP contribution in [0.2, 0.25) is 0 Å². The molecular weight excluding hydrogens is 276 g/mol. The van der Waals surface area contributed by atoms with E-state index in [0.29, 0.717) is 6.42 Å². The van der Waals surface area contributed by atoms with Crippen LogP contribution < -0.4 is 5.32 Å². The Morgan fingerprint density at radius 1 is 1.32 bits per heavy atom. The molecule has 1 aliphatic heterocycles. The first-order valence-electron chi connectivity index (χ1n) is 8.04. The van der Waals surface area contributed by atoms with Crippen LogP contribution in [0.3, 0.4) is 0 Å². The van der Waals surface area contributed by atoms with E-state index >= 15 is 0 Å². The number of Topliss-reactive ketones (excluding diaryl/α,β-unsaturated/α-hetero) is 1. The van der Waals surface area contributed by atoms with Crippen molar-refractivity contribution in [1.82, 2.24) is 19.8 Å². The molecule has 0 bridgehead atoms. The number of carbonyl (C=O) groups is 1. The van der Waals surface area contributed by atoms with Crippen LogP contribution in [-0.2, 0) is 7.05 Å². The van der Waals surface area contributed by atoms with Gasteiger partial charge in [0.1, 0.15) is 5.82 Å². The van der Waals surface area contributed by atoms with E-state index in [0.717, 1.165) is 61.6 Å². The molecule has 1 fully saturated rings. The highest BCUT2D eigenvalue weighted by molar-refractivity contribution is 5.99. The number of ketones is 1. The van der Waals surface area contributed by atoms with Gasteiger partial charge in [-0.2, -0.15) is 0 Å². The van der Waals surface area contributed by atoms with Crippen LogP contribution in [0, 0.1) is 6.92 Å². The summed E-state index contributed by atoms with van der Waals surface area (Å²) in [7, 11) is 2.00. The van der Waals surface area contributed by atoms with Crippen molar-refractivity contribution in [3.05, 3.63) is 29.6 Å². The van der Waals surface area contributed by atoms with Gasteiger partial charge in [-0.1, -0.05) is 0 Å². The zero-order valence-electron chi connectivity index (χ0n) is 13.4. The lowest BCUT2D eigenvalue weighted by Crippen LogP contribution is -2.30. The van der Waals surface area contributed by atoms with Crippen LogP contribution in [0.1, 0.15) is 29.0 Å². The minimum atomic E-state index is 0.211. The molecule has 0 atom stereocenters. The van der Waals surface area contributed by atoms with Crippen LogP contribution in [0.4, 0.5) is 0 Å². The summed E-state index contributed by atoms with van der Waals surface area (Å²) in [6, 6.07) is 5.85. The topological polar surface area (TPSA) is 50.2 Å². The quantitative estimate of drug-likeness (QED) is 0.874. The second kappa shape index (κ2) is 6.58. The fourth-order valence-electron chi connectivity index (χ4n) is 3.02. The van der Waals surface area contributed by atoms with Crippen LogP contribution >= 0.6 is 0 Å². The molecule has 1 saturated heterocycles. The average molecular weight is 300 g/mol. The van der Waals surface area contributed by atoms with Crippen molar-refractivity contribution in [1.29, 1.82) is 0 Å². The summed E-state index contributed by atoms with van der Waals surface area (Å²) in [6.07, 6.45) is 1.74. The number of imidazole rings is 1. The summed E-state index contributed by atoms with van der Waals surface area (Å²) in [4.78, 5) is 19.3. The first-order valence-corrected chi connectivity index (χ1v) is 8.04. The number of fused-ring (bicyclic) bond motifs is 1. The van der Waals surface area contributed by atoms with Gasteiger partial charge in [0.2, 0.25) is 0 Å². The van der Waals surface area contributed by atoms with Crippen molar-refractivity contribution >= 4 is 16.8 Å². The standard InChI is InChI=1S/C17H24N4O/c1-13-19-15-12-14(4-5-16(15)20(13)2)17(22)6-10-21-9-3-7-18-8-11-21/h4-5,12,18H,3,6-11H2,1-2H3. The van der Waals surface area contributed by atoms with E-state index in [9.17, 15) is 4.79 Å². The highest BCUT2D eigenvalue weighted by Crippen LogP contribution is 2.17. The number of aromatic nitrogens is 2. The number of nitrogens with one attached hydrogen (secondary N) is 1. The van der Waals surface area contributed by atoms with Gasteiger partial charge >= 0.3 is 0 Å². The monoisotopic (exact) mass is 300 g/mol. The van der Waals surface area contributed by atoms with Crippen LogP contribution in [-0.4, -0.2) is 53.0 Å². The Kier molecular flexibility index (Phi) is 4.55. The second-order valence-electron chi connectivity index (χ2n) is 6.04. The normalized spacial score (nSPS) is 16.8. The Balaban J connectivity index is 1.66. The Labute approximate surface area is 131 Å². The molecule has 5 heteroatoms. The smallest absolute Gasteiger partial charge is 0.164 e. The lowest BCUT2D eigenvalue weighted by molar-refractivity contribution is 0.0965. The van der Waals surface area contributed by atoms with Gasteiger partial charge in [-0.15, -0.1) is 0 Å². The molecule has 0 unspecified atom stereocenters. The van der Waals surface area contributed by atoms with Gasteiger partial charge in [0.05, 0.1) is 11.0 Å². The lowest BCUT2D eigenvalue weighted by Gasteiger charge is -2.18. The van der Waals surface area contributed by atoms with E-state index in [1.165, 1.54) is 0 Å². The zero-order valence-corrected chi connectivity index (χ0v) is 13.4. The largest absolute Gasteiger partial charge is 0.331 e. The molecule has 1 aliphatic rings. The van der Waals surface area contributed by atoms with E-state index in [2.05, 4.69) is 15.2 Å². The number of aryl methyl sites for hydroxylation is 2. The maximum Gasteiger partial charge on any atom is 0.164 e. The number of rotatable bonds is 4. The molecule has 0 amide bonds. The molecule has 1 aromatic carbocycles. The van der Waals surface area contributed by atoms with Crippen molar-refractivity contribution in [2.45, 2.75) is 19.8 Å². The fourth-order valence-corrected chi connectivity index (χ4v) is 3.02. The predicted molar refractivity (Wildman–Crippen MR) is 88.3 cm³/mol. The van der Waals surface area contributed by atoms with E-state index < -0.39 is 0 Å². The maximum absolute atomic E-state index is 12.4. The lowest BCUT2D eigenvalue weighted by atomic mass is 10.1. The van der Waals surface area contributed by atoms with E-state index in [1.54, 1.807) is 0 Å². The van der Waals surface area contributed by atoms with Crippen LogP contribution in [0.5, 0.6) is 0 Å². The molecule has 22 heavy (non-hydrogen) atoms. The fraction of sp³-hybridized carbons (Fsp3) is 0.529. The summed E-state index contributed by atoms with van der Waals surface area (Å²) in [5.74, 6) is 1.18. The number of nitrogens with zero attached hydrogens (tertiary/aromatic N) is 3. The molecule has 2 aromatic rings. The van der Waals surface area contributed by atoms with Crippen molar-refractivity contribution in [3.63, 3.8) is 0 Å². The third kappa shape index (κ3) is 3.20. The summed E-state index contributed by atoms with van der Waals surface area (Å²) in [6.45, 7) is 7.05. The van der Waals surface area contributed by atoms with Gasteiger partial charge in [-0.05, 0) is 44.6 Å². The van der Waals surface area contributed by atoms with Gasteiger partial charge in [0.15, 0.2) is 5.78 Å². The SMILES string of the molecule is Cc1nc2cc(C(=O)CCN3CCCNCC3)ccc2n1C. The molecular formula is C17H24N4O. The first kappa shape index (κ1) is 15.2. The van der Waals surface area contributed by atoms with Crippen molar-refractivity contribution in [2.75, 3.05) is 32.7 Å². The first-order chi connectivity index (χ1) is 10.6. The predicted octanol–water partition coefficient (Wildman–Crippen LogP) is 1.75. The van der Waals surface area contributed by atoms with Crippen molar-refractivity contribution in [2.24, 2.45) is 7.05 Å². The third-order valence-corrected chi connectivity index (χ3v) is 4.51. The Morgan fingerprint density at radius 3 is 3.05 bits per heavy atom. The summed E-state index contributed by atoms with van der Waals surface area (Å²) >= 11 is 0. The molecule has 0 spiro atoms. The molecule has 3 rings (SSSR count). The molecule has 0 radical (unpaired) electrons. The van der Waals surface area contributed by atoms with Gasteiger partial charge in [-0.3, -0.25) is 4.79 Å². The third-order valence-electron chi connectivity index (χ3n) is 4.51. The van der Waals surface area contributed by atoms with E-state index in [1.807, 2.05) is 36.7 Å². The molecule has 0 aliphatic carbocycles. The molecule has 0 saturated carbocycles. The molecule has 5 nitrogen and oxygen atoms in total. The minimum Gasteiger partial charge on any atom is -0.331 e. The maximum atomic E-state index is 12.4. The van der Waals surface area contributed by atoms with E-state index in [4.69, 9.17) is 0 Å². The Morgan fingerprint density at radius 2 is 2.18 bits per heavy atom. The highest BCUT2D eigenvalue weighted by atomic mass is 16.1. The van der Waals surface area contributed by atoms with Crippen molar-refractivity contribution in [3.8, 4) is 0 Å². The highest BCUT2D eigenvalue weighted by Gasteiger charge is 2.13. The molecule has 1 N–H and O–H groups in total. The average Bonchev–Trinajstić information content (AvgIpc) is 2.72. The van der Waals surface area contributed by atoms with Gasteiger partial charge in [0.25, 0.3) is 0 Å². The van der Waals surface area contributed by atoms with Gasteiger partial charge in [-0.25, -0.2) is 4.98 Å². The Hall–Kier alpha value is -1.72. The van der Waals surface area contributed by atoms with Gasteiger partial charge < -0.3 is 14.8 Å². The summed E-state index contributed by atoms with van der Waals surface area (Å²) in [5, 5.41) is 3.39. The molecule has 2 heterocycles. The minimum absolute atomic E-state index is 0.211. The van der Waals surface area contributed by atoms with Gasteiger partial charge in [0, 0.05) is 38.7 Å². The number of carbonyl (C=O) groups excluding carboxylic acids is 1. The van der Waals surface area contributed by atoms with Crippen molar-refractivity contribution < 1.29 is 4.79 Å². The number of benzene rings is 1. The van der Waals surface area contributed by atoms with E-state index in [-0.39, 0.29) is 5.78 Å². The van der Waals surface area contributed by atoms with Crippen LogP contribution in [0.15, 0.2) is 18.2 Å². The Bertz CT molecular complexity index is 669.